The molecule has 3 atom stereocenters. The van der Waals surface area contributed by atoms with Crippen LogP contribution < -0.4 is 32.7 Å². The maximum atomic E-state index is 14.3. The first-order valence-electron chi connectivity index (χ1n) is 16.5. The highest BCUT2D eigenvalue weighted by Crippen LogP contribution is 2.38. The fourth-order valence-corrected chi connectivity index (χ4v) is 7.58. The minimum Gasteiger partial charge on any atom is -0.361 e. The number of nitrogens with one attached hydrogen (secondary N) is 5. The summed E-state index contributed by atoms with van der Waals surface area (Å²) in [6, 6.07) is 10.9. The van der Waals surface area contributed by atoms with Gasteiger partial charge >= 0.3 is 6.03 Å². The third-order valence-electron chi connectivity index (χ3n) is 8.69. The lowest BCUT2D eigenvalue weighted by molar-refractivity contribution is -0.142. The van der Waals surface area contributed by atoms with Gasteiger partial charge in [0.25, 0.3) is 0 Å². The summed E-state index contributed by atoms with van der Waals surface area (Å²) in [5.74, 6) is -1.41. The molecule has 0 fully saturated rings. The Balaban J connectivity index is 1.58. The molecule has 270 valence electrons. The van der Waals surface area contributed by atoms with Crippen LogP contribution in [-0.4, -0.2) is 76.9 Å². The normalized spacial score (nSPS) is 19.1. The van der Waals surface area contributed by atoms with Crippen LogP contribution in [-0.2, 0) is 33.9 Å². The van der Waals surface area contributed by atoms with E-state index in [1.807, 2.05) is 36.5 Å². The molecular weight excluding hydrogens is 713 g/mol. The topological polar surface area (TPSA) is 200 Å². The summed E-state index contributed by atoms with van der Waals surface area (Å²) in [4.78, 5) is 64.0. The fourth-order valence-electron chi connectivity index (χ4n) is 5.94. The highest BCUT2D eigenvalue weighted by Gasteiger charge is 2.34. The number of benzene rings is 2. The first-order valence-corrected chi connectivity index (χ1v) is 18.1. The molecule has 0 spiro atoms. The zero-order valence-corrected chi connectivity index (χ0v) is 30.3. The summed E-state index contributed by atoms with van der Waals surface area (Å²) in [6.45, 7) is 0.488. The number of para-hydroxylation sites is 1. The summed E-state index contributed by atoms with van der Waals surface area (Å²) in [5, 5.41) is 13.9. The molecule has 9 N–H and O–H groups in total. The zero-order chi connectivity index (χ0) is 36.5. The largest absolute Gasteiger partial charge is 0.361 e. The Morgan fingerprint density at radius 2 is 1.84 bits per heavy atom. The van der Waals surface area contributed by atoms with Crippen molar-refractivity contribution >= 4 is 69.6 Å². The van der Waals surface area contributed by atoms with Gasteiger partial charge in [-0.05, 0) is 66.8 Å². The molecule has 1 aliphatic heterocycles. The molecule has 16 heteroatoms. The van der Waals surface area contributed by atoms with Crippen molar-refractivity contribution in [2.45, 2.75) is 66.8 Å². The summed E-state index contributed by atoms with van der Waals surface area (Å²) < 4.78 is 0. The second kappa shape index (κ2) is 17.7. The number of hydrogen-bond donors (Lipinski definition) is 7. The Morgan fingerprint density at radius 1 is 1.04 bits per heavy atom. The Bertz CT molecular complexity index is 1890. The molecule has 13 nitrogen and oxygen atoms in total. The van der Waals surface area contributed by atoms with Gasteiger partial charge in [-0.1, -0.05) is 59.2 Å². The zero-order valence-electron chi connectivity index (χ0n) is 28.0. The summed E-state index contributed by atoms with van der Waals surface area (Å²) in [5.41, 5.74) is 14.3. The van der Waals surface area contributed by atoms with E-state index >= 15 is 0 Å². The van der Waals surface area contributed by atoms with E-state index in [1.54, 1.807) is 31.4 Å². The third-order valence-corrected chi connectivity index (χ3v) is 10.6. The molecule has 1 aliphatic rings. The third kappa shape index (κ3) is 9.71. The van der Waals surface area contributed by atoms with Crippen molar-refractivity contribution in [3.63, 3.8) is 0 Å². The number of nitrogens with two attached hydrogens (primary N) is 2. The van der Waals surface area contributed by atoms with Crippen molar-refractivity contribution in [2.75, 3.05) is 20.1 Å². The van der Waals surface area contributed by atoms with Crippen LogP contribution in [0.15, 0.2) is 70.8 Å². The monoisotopic (exact) mass is 753 g/mol. The molecule has 3 heterocycles. The Kier molecular flexibility index (Phi) is 13.2. The van der Waals surface area contributed by atoms with E-state index in [-0.39, 0.29) is 32.5 Å². The molecule has 0 radical (unpaired) electrons. The molecule has 2 aromatic carbocycles. The van der Waals surface area contributed by atoms with Gasteiger partial charge in [-0.2, -0.15) is 0 Å². The highest BCUT2D eigenvalue weighted by atomic mass is 35.5. The average molecular weight is 755 g/mol. The minimum atomic E-state index is -0.997. The van der Waals surface area contributed by atoms with Gasteiger partial charge in [0.2, 0.25) is 17.7 Å². The van der Waals surface area contributed by atoms with Gasteiger partial charge in [0, 0.05) is 66.3 Å². The Hall–Kier alpha value is -4.34. The molecular formula is C35H41Cl2N9O4S. The first kappa shape index (κ1) is 37.9. The number of urea groups is 1. The van der Waals surface area contributed by atoms with Gasteiger partial charge < -0.3 is 42.6 Å². The lowest BCUT2D eigenvalue weighted by Gasteiger charge is -2.32. The molecule has 2 aromatic heterocycles. The SMILES string of the molecule is CN1C(=O)[C@H](CCCCN)NC(=O)[C@H](CNC(N)=O)NCc2cccnc2Sc2c(Cl)cc(Cl)cc2CNC(=O)[C@@H]1Cc1c[nH]c2ccccc12. The Labute approximate surface area is 310 Å². The first-order chi connectivity index (χ1) is 24.5. The average Bonchev–Trinajstić information content (AvgIpc) is 3.52. The number of primary amides is 1. The van der Waals surface area contributed by atoms with Crippen LogP contribution in [0.4, 0.5) is 4.79 Å². The second-order valence-corrected chi connectivity index (χ2v) is 14.1. The van der Waals surface area contributed by atoms with Gasteiger partial charge in [-0.15, -0.1) is 0 Å². The van der Waals surface area contributed by atoms with Crippen LogP contribution in [0.25, 0.3) is 10.9 Å². The van der Waals surface area contributed by atoms with E-state index in [2.05, 4.69) is 31.2 Å². The van der Waals surface area contributed by atoms with E-state index in [9.17, 15) is 19.2 Å². The van der Waals surface area contributed by atoms with Gasteiger partial charge in [-0.25, -0.2) is 9.78 Å². The number of likely N-dealkylation sites (N-methyl/N-ethyl adjacent to an activating group) is 1. The van der Waals surface area contributed by atoms with Crippen molar-refractivity contribution in [1.82, 2.24) is 36.1 Å². The molecule has 51 heavy (non-hydrogen) atoms. The molecule has 0 unspecified atom stereocenters. The van der Waals surface area contributed by atoms with E-state index in [4.69, 9.17) is 34.7 Å². The molecule has 0 saturated carbocycles. The number of H-pyrrole nitrogens is 1. The van der Waals surface area contributed by atoms with Crippen LogP contribution in [0.2, 0.25) is 10.0 Å². The van der Waals surface area contributed by atoms with E-state index in [1.165, 1.54) is 16.7 Å². The number of unbranched alkanes of at least 4 members (excludes halogenated alkanes) is 1. The molecule has 4 aromatic rings. The lowest BCUT2D eigenvalue weighted by atomic mass is 10.0. The predicted molar refractivity (Wildman–Crippen MR) is 198 cm³/mol. The van der Waals surface area contributed by atoms with Gasteiger partial charge in [-0.3, -0.25) is 14.4 Å². The smallest absolute Gasteiger partial charge is 0.312 e. The number of nitrogens with zero attached hydrogens (tertiary/aromatic N) is 2. The van der Waals surface area contributed by atoms with Crippen LogP contribution >= 0.6 is 35.0 Å². The van der Waals surface area contributed by atoms with Gasteiger partial charge in [0.05, 0.1) is 5.02 Å². The van der Waals surface area contributed by atoms with Crippen molar-refractivity contribution < 1.29 is 19.2 Å². The highest BCUT2D eigenvalue weighted by molar-refractivity contribution is 7.99. The van der Waals surface area contributed by atoms with E-state index in [0.29, 0.717) is 44.9 Å². The van der Waals surface area contributed by atoms with Crippen LogP contribution in [0, 0.1) is 0 Å². The quantitative estimate of drug-likeness (QED) is 0.133. The van der Waals surface area contributed by atoms with Crippen LogP contribution in [0.3, 0.4) is 0 Å². The maximum Gasteiger partial charge on any atom is 0.312 e. The number of halogens is 2. The molecule has 5 rings (SSSR count). The minimum absolute atomic E-state index is 0.0613. The van der Waals surface area contributed by atoms with E-state index < -0.39 is 41.9 Å². The van der Waals surface area contributed by atoms with Crippen molar-refractivity contribution in [1.29, 1.82) is 0 Å². The second-order valence-electron chi connectivity index (χ2n) is 12.2. The molecule has 5 amide bonds. The number of amides is 5. The molecule has 0 bridgehead atoms. The van der Waals surface area contributed by atoms with Gasteiger partial charge in [0.15, 0.2) is 0 Å². The number of fused-ring (bicyclic) bond motifs is 3. The number of carbonyl (C=O) groups is 4. The lowest BCUT2D eigenvalue weighted by Crippen LogP contribution is -2.58. The number of aromatic nitrogens is 2. The summed E-state index contributed by atoms with van der Waals surface area (Å²) in [6.07, 6.45) is 5.10. The number of carbonyl (C=O) groups excluding carboxylic acids is 4. The van der Waals surface area contributed by atoms with Crippen LogP contribution in [0.5, 0.6) is 0 Å². The fraction of sp³-hybridized carbons (Fsp3) is 0.343. The van der Waals surface area contributed by atoms with Gasteiger partial charge in [0.1, 0.15) is 23.2 Å². The van der Waals surface area contributed by atoms with Crippen LogP contribution in [0.1, 0.15) is 36.0 Å². The number of pyridine rings is 1. The Morgan fingerprint density at radius 3 is 2.63 bits per heavy atom. The number of rotatable bonds is 8. The van der Waals surface area contributed by atoms with Crippen molar-refractivity contribution in [3.05, 3.63) is 87.7 Å². The van der Waals surface area contributed by atoms with E-state index in [0.717, 1.165) is 22.0 Å². The molecule has 0 aliphatic carbocycles. The predicted octanol–water partition coefficient (Wildman–Crippen LogP) is 3.46. The number of aromatic amines is 1. The van der Waals surface area contributed by atoms with Crippen molar-refractivity contribution in [2.24, 2.45) is 11.5 Å². The standard InChI is InChI=1S/C35H41Cl2N9O4S/c1-46-29(14-21-17-41-26-9-3-2-8-24(21)26)32(48)43-18-22-13-23(36)15-25(37)30(22)51-33-20(7-6-12-40-33)16-42-28(19-44-35(39)50)31(47)45-27(34(46)49)10-4-5-11-38/h2-3,6-9,12-13,15,17,27-29,41-42H,4-5,10-11,14,16,18-19,38H2,1H3,(H,43,48)(H,45,47)(H3,39,44,50)/t27-,28-,29-/m0/s1. The maximum absolute atomic E-state index is 14.3. The van der Waals surface area contributed by atoms with Crippen molar-refractivity contribution in [3.8, 4) is 0 Å². The summed E-state index contributed by atoms with van der Waals surface area (Å²) >= 11 is 14.5. The number of hydrogen-bond acceptors (Lipinski definition) is 8. The summed E-state index contributed by atoms with van der Waals surface area (Å²) in [7, 11) is 1.56. The molecule has 0 saturated heterocycles.